The molecule has 2 aromatic carbocycles. The van der Waals surface area contributed by atoms with E-state index >= 15 is 0 Å². The van der Waals surface area contributed by atoms with Gasteiger partial charge < -0.3 is 4.74 Å². The molecule has 0 saturated carbocycles. The molecule has 3 rings (SSSR count). The van der Waals surface area contributed by atoms with E-state index in [1.54, 1.807) is 18.2 Å². The number of hydrazone groups is 1. The van der Waals surface area contributed by atoms with E-state index < -0.39 is 0 Å². The molecule has 18 heavy (non-hydrogen) atoms. The first kappa shape index (κ1) is 10.5. The van der Waals surface area contributed by atoms with Crippen molar-refractivity contribution in [1.82, 2.24) is 5.43 Å². The normalized spacial score (nSPS) is 13.8. The quantitative estimate of drug-likeness (QED) is 0.827. The molecular weight excluding hydrogens is 228 g/mol. The Bertz CT molecular complexity index is 621. The van der Waals surface area contributed by atoms with Crippen molar-refractivity contribution in [3.05, 3.63) is 65.7 Å². The SMILES string of the molecule is O=C1NN=C(c2ccccc2)Oc2ccccc21. The van der Waals surface area contributed by atoms with Gasteiger partial charge in [-0.3, -0.25) is 4.79 Å². The van der Waals surface area contributed by atoms with Crippen LogP contribution in [0.1, 0.15) is 15.9 Å². The van der Waals surface area contributed by atoms with E-state index in [1.165, 1.54) is 0 Å². The monoisotopic (exact) mass is 238 g/mol. The van der Waals surface area contributed by atoms with Crippen LogP contribution >= 0.6 is 0 Å². The maximum absolute atomic E-state index is 11.8. The lowest BCUT2D eigenvalue weighted by molar-refractivity contribution is 0.0955. The molecule has 2 aromatic rings. The van der Waals surface area contributed by atoms with Crippen LogP contribution in [0.5, 0.6) is 5.75 Å². The van der Waals surface area contributed by atoms with Crippen molar-refractivity contribution in [2.45, 2.75) is 0 Å². The van der Waals surface area contributed by atoms with Crippen molar-refractivity contribution in [3.8, 4) is 5.75 Å². The summed E-state index contributed by atoms with van der Waals surface area (Å²) in [5.41, 5.74) is 3.77. The largest absolute Gasteiger partial charge is 0.436 e. The minimum atomic E-state index is -0.267. The lowest BCUT2D eigenvalue weighted by Crippen LogP contribution is -2.17. The van der Waals surface area contributed by atoms with Crippen molar-refractivity contribution in [2.75, 3.05) is 0 Å². The number of rotatable bonds is 1. The molecule has 0 bridgehead atoms. The van der Waals surface area contributed by atoms with E-state index in [2.05, 4.69) is 10.5 Å². The maximum atomic E-state index is 11.8. The zero-order chi connectivity index (χ0) is 12.4. The first-order valence-electron chi connectivity index (χ1n) is 5.55. The molecule has 1 aliphatic heterocycles. The topological polar surface area (TPSA) is 50.7 Å². The summed E-state index contributed by atoms with van der Waals surface area (Å²) < 4.78 is 5.68. The maximum Gasteiger partial charge on any atom is 0.275 e. The summed E-state index contributed by atoms with van der Waals surface area (Å²) in [6.07, 6.45) is 0. The second kappa shape index (κ2) is 4.33. The molecular formula is C14H10N2O2. The van der Waals surface area contributed by atoms with E-state index in [4.69, 9.17) is 4.74 Å². The van der Waals surface area contributed by atoms with Crippen molar-refractivity contribution >= 4 is 11.8 Å². The van der Waals surface area contributed by atoms with Crippen LogP contribution < -0.4 is 10.2 Å². The van der Waals surface area contributed by atoms with Crippen LogP contribution in [0.25, 0.3) is 0 Å². The number of carbonyl (C=O) groups is 1. The molecule has 1 heterocycles. The molecule has 0 spiro atoms. The van der Waals surface area contributed by atoms with Crippen LogP contribution in [0.15, 0.2) is 59.7 Å². The second-order valence-electron chi connectivity index (χ2n) is 3.82. The van der Waals surface area contributed by atoms with Gasteiger partial charge in [-0.1, -0.05) is 30.3 Å². The summed E-state index contributed by atoms with van der Waals surface area (Å²) in [6, 6.07) is 16.5. The number of nitrogens with zero attached hydrogens (tertiary/aromatic N) is 1. The predicted molar refractivity (Wildman–Crippen MR) is 67.5 cm³/mol. The van der Waals surface area contributed by atoms with Crippen LogP contribution in [0.2, 0.25) is 0 Å². The minimum Gasteiger partial charge on any atom is -0.436 e. The zero-order valence-electron chi connectivity index (χ0n) is 9.46. The lowest BCUT2D eigenvalue weighted by atomic mass is 10.2. The van der Waals surface area contributed by atoms with Crippen LogP contribution in [-0.4, -0.2) is 11.8 Å². The molecule has 0 aromatic heterocycles. The molecule has 88 valence electrons. The van der Waals surface area contributed by atoms with Gasteiger partial charge in [-0.05, 0) is 24.3 Å². The van der Waals surface area contributed by atoms with E-state index in [1.807, 2.05) is 36.4 Å². The number of carbonyl (C=O) groups excluding carboxylic acids is 1. The van der Waals surface area contributed by atoms with Gasteiger partial charge in [-0.25, -0.2) is 5.43 Å². The fourth-order valence-corrected chi connectivity index (χ4v) is 1.74. The smallest absolute Gasteiger partial charge is 0.275 e. The number of nitrogens with one attached hydrogen (secondary N) is 1. The van der Waals surface area contributed by atoms with Gasteiger partial charge in [-0.2, -0.15) is 0 Å². The third-order valence-electron chi connectivity index (χ3n) is 2.62. The Labute approximate surface area is 104 Å². The number of ether oxygens (including phenoxy) is 1. The van der Waals surface area contributed by atoms with Gasteiger partial charge in [0.25, 0.3) is 5.91 Å². The molecule has 0 atom stereocenters. The van der Waals surface area contributed by atoms with E-state index in [9.17, 15) is 4.79 Å². The van der Waals surface area contributed by atoms with Crippen LogP contribution in [0.4, 0.5) is 0 Å². The third kappa shape index (κ3) is 1.84. The summed E-state index contributed by atoms with van der Waals surface area (Å²) >= 11 is 0. The van der Waals surface area contributed by atoms with Gasteiger partial charge in [0.1, 0.15) is 5.75 Å². The van der Waals surface area contributed by atoms with Gasteiger partial charge in [-0.15, -0.1) is 5.10 Å². The predicted octanol–water partition coefficient (Wildman–Crippen LogP) is 2.17. The lowest BCUT2D eigenvalue weighted by Gasteiger charge is -2.07. The van der Waals surface area contributed by atoms with Crippen LogP contribution in [-0.2, 0) is 0 Å². The molecule has 0 saturated heterocycles. The fraction of sp³-hybridized carbons (Fsp3) is 0. The summed E-state index contributed by atoms with van der Waals surface area (Å²) in [7, 11) is 0. The summed E-state index contributed by atoms with van der Waals surface area (Å²) in [5.74, 6) is 0.625. The van der Waals surface area contributed by atoms with Gasteiger partial charge in [0.2, 0.25) is 5.90 Å². The van der Waals surface area contributed by atoms with E-state index in [0.29, 0.717) is 17.2 Å². The van der Waals surface area contributed by atoms with Crippen LogP contribution in [0.3, 0.4) is 0 Å². The van der Waals surface area contributed by atoms with Crippen LogP contribution in [0, 0.1) is 0 Å². The first-order chi connectivity index (χ1) is 8.84. The summed E-state index contributed by atoms with van der Waals surface area (Å²) in [6.45, 7) is 0. The van der Waals surface area contributed by atoms with E-state index in [-0.39, 0.29) is 5.91 Å². The number of fused-ring (bicyclic) bond motifs is 1. The fourth-order valence-electron chi connectivity index (χ4n) is 1.74. The molecule has 0 fully saturated rings. The molecule has 4 heteroatoms. The standard InChI is InChI=1S/C14H10N2O2/c17-13-11-8-4-5-9-12(11)18-14(16-15-13)10-6-2-1-3-7-10/h1-9H,(H,15,17). The second-order valence-corrected chi connectivity index (χ2v) is 3.82. The molecule has 1 amide bonds. The van der Waals surface area contributed by atoms with Crippen molar-refractivity contribution < 1.29 is 9.53 Å². The first-order valence-corrected chi connectivity index (χ1v) is 5.55. The Morgan fingerprint density at radius 2 is 1.67 bits per heavy atom. The summed E-state index contributed by atoms with van der Waals surface area (Å²) in [4.78, 5) is 11.8. The number of hydrogen-bond donors (Lipinski definition) is 1. The third-order valence-corrected chi connectivity index (χ3v) is 2.62. The molecule has 0 aliphatic carbocycles. The Morgan fingerprint density at radius 1 is 0.944 bits per heavy atom. The van der Waals surface area contributed by atoms with Gasteiger partial charge in [0, 0.05) is 5.56 Å². The molecule has 0 radical (unpaired) electrons. The number of hydrogen-bond acceptors (Lipinski definition) is 3. The van der Waals surface area contributed by atoms with Crippen molar-refractivity contribution in [3.63, 3.8) is 0 Å². The number of amides is 1. The Balaban J connectivity index is 2.04. The number of para-hydroxylation sites is 1. The average molecular weight is 238 g/mol. The zero-order valence-corrected chi connectivity index (χ0v) is 9.46. The minimum absolute atomic E-state index is 0.267. The highest BCUT2D eigenvalue weighted by molar-refractivity contribution is 6.03. The molecule has 1 N–H and O–H groups in total. The Morgan fingerprint density at radius 3 is 2.50 bits per heavy atom. The van der Waals surface area contributed by atoms with E-state index in [0.717, 1.165) is 5.56 Å². The highest BCUT2D eigenvalue weighted by Gasteiger charge is 2.18. The average Bonchev–Trinajstić information content (AvgIpc) is 2.60. The molecule has 0 unspecified atom stereocenters. The Hall–Kier alpha value is -2.62. The number of benzene rings is 2. The highest BCUT2D eigenvalue weighted by Crippen LogP contribution is 2.21. The highest BCUT2D eigenvalue weighted by atomic mass is 16.5. The van der Waals surface area contributed by atoms with Gasteiger partial charge >= 0.3 is 0 Å². The van der Waals surface area contributed by atoms with Crippen molar-refractivity contribution in [1.29, 1.82) is 0 Å². The molecule has 1 aliphatic rings. The Kier molecular flexibility index (Phi) is 2.53. The molecule has 4 nitrogen and oxygen atoms in total. The van der Waals surface area contributed by atoms with Gasteiger partial charge in [0.15, 0.2) is 0 Å². The summed E-state index contributed by atoms with van der Waals surface area (Å²) in [5, 5.41) is 3.98. The van der Waals surface area contributed by atoms with Gasteiger partial charge in [0.05, 0.1) is 5.56 Å². The van der Waals surface area contributed by atoms with Crippen molar-refractivity contribution in [2.24, 2.45) is 5.10 Å².